The number of aryl methyl sites for hydroxylation is 1. The van der Waals surface area contributed by atoms with Crippen LogP contribution in [0.4, 0.5) is 10.1 Å². The Morgan fingerprint density at radius 2 is 2.14 bits per heavy atom. The predicted molar refractivity (Wildman–Crippen MR) is 70.2 cm³/mol. The summed E-state index contributed by atoms with van der Waals surface area (Å²) in [6.45, 7) is 0.179. The van der Waals surface area contributed by atoms with Crippen molar-refractivity contribution in [3.05, 3.63) is 39.2 Å². The van der Waals surface area contributed by atoms with E-state index in [0.717, 1.165) is 12.1 Å². The summed E-state index contributed by atoms with van der Waals surface area (Å²) in [5.41, 5.74) is -1.14. The number of nitro groups is 1. The van der Waals surface area contributed by atoms with E-state index >= 15 is 0 Å². The van der Waals surface area contributed by atoms with Gasteiger partial charge in [0.05, 0.1) is 17.0 Å². The van der Waals surface area contributed by atoms with Gasteiger partial charge in [0.1, 0.15) is 12.4 Å². The molecule has 0 aliphatic rings. The fraction of sp³-hybridized carbons (Fsp3) is 0.231. The molecule has 0 atom stereocenters. The van der Waals surface area contributed by atoms with Crippen LogP contribution in [-0.2, 0) is 4.79 Å². The first-order valence-electron chi connectivity index (χ1n) is 5.67. The molecule has 0 spiro atoms. The lowest BCUT2D eigenvalue weighted by Crippen LogP contribution is -2.36. The second-order valence-corrected chi connectivity index (χ2v) is 4.14. The molecule has 21 heavy (non-hydrogen) atoms. The molecule has 1 aromatic rings. The Labute approximate surface area is 119 Å². The van der Waals surface area contributed by atoms with E-state index in [0.29, 0.717) is 4.90 Å². The zero-order valence-electron chi connectivity index (χ0n) is 11.0. The molecule has 0 saturated carbocycles. The minimum Gasteiger partial charge on any atom is -0.480 e. The van der Waals surface area contributed by atoms with Crippen LogP contribution in [0.5, 0.6) is 0 Å². The third kappa shape index (κ3) is 3.76. The molecule has 0 bridgehead atoms. The van der Waals surface area contributed by atoms with Crippen LogP contribution in [-0.4, -0.2) is 39.9 Å². The number of hydrogen-bond acceptors (Lipinski definition) is 4. The van der Waals surface area contributed by atoms with Gasteiger partial charge in [-0.25, -0.2) is 4.39 Å². The van der Waals surface area contributed by atoms with E-state index in [2.05, 4.69) is 5.92 Å². The number of aliphatic carboxylic acids is 1. The Morgan fingerprint density at radius 3 is 2.62 bits per heavy atom. The maximum atomic E-state index is 14.0. The van der Waals surface area contributed by atoms with Gasteiger partial charge in [-0.3, -0.25) is 19.7 Å². The normalized spacial score (nSPS) is 9.76. The fourth-order valence-electron chi connectivity index (χ4n) is 1.65. The van der Waals surface area contributed by atoms with E-state index in [-0.39, 0.29) is 12.1 Å². The minimum absolute atomic E-state index is 0.0940. The second kappa shape index (κ2) is 6.47. The Bertz CT molecular complexity index is 651. The standard InChI is InChI=1S/C13H11FN2O5/c1-3-4-15(7-11(17)18)13(19)10-6-9(16(20)21)5-8(2)12(10)14/h1,5-6H,4,7H2,2H3,(H,17,18). The molecular weight excluding hydrogens is 283 g/mol. The molecule has 8 heteroatoms. The van der Waals surface area contributed by atoms with Crippen molar-refractivity contribution in [3.8, 4) is 12.3 Å². The number of rotatable bonds is 5. The molecule has 7 nitrogen and oxygen atoms in total. The minimum atomic E-state index is -1.33. The number of non-ortho nitro benzene ring substituents is 1. The quantitative estimate of drug-likeness (QED) is 0.499. The van der Waals surface area contributed by atoms with E-state index in [1.54, 1.807) is 0 Å². The first-order valence-corrected chi connectivity index (χ1v) is 5.67. The van der Waals surface area contributed by atoms with Crippen molar-refractivity contribution < 1.29 is 24.0 Å². The molecule has 0 radical (unpaired) electrons. The SMILES string of the molecule is C#CCN(CC(=O)O)C(=O)c1cc([N+](=O)[O-])cc(C)c1F. The highest BCUT2D eigenvalue weighted by Gasteiger charge is 2.24. The molecule has 0 aliphatic heterocycles. The van der Waals surface area contributed by atoms with Crippen LogP contribution in [0, 0.1) is 35.2 Å². The summed E-state index contributed by atoms with van der Waals surface area (Å²) in [5.74, 6) is -1.21. The number of benzene rings is 1. The lowest BCUT2D eigenvalue weighted by molar-refractivity contribution is -0.385. The molecule has 0 unspecified atom stereocenters. The molecule has 110 valence electrons. The van der Waals surface area contributed by atoms with Gasteiger partial charge >= 0.3 is 5.97 Å². The Balaban J connectivity index is 3.30. The van der Waals surface area contributed by atoms with Crippen molar-refractivity contribution in [1.29, 1.82) is 0 Å². The van der Waals surface area contributed by atoms with Crippen LogP contribution >= 0.6 is 0 Å². The van der Waals surface area contributed by atoms with Crippen LogP contribution in [0.1, 0.15) is 15.9 Å². The van der Waals surface area contributed by atoms with E-state index in [4.69, 9.17) is 11.5 Å². The van der Waals surface area contributed by atoms with Gasteiger partial charge < -0.3 is 10.0 Å². The van der Waals surface area contributed by atoms with Crippen molar-refractivity contribution in [2.45, 2.75) is 6.92 Å². The monoisotopic (exact) mass is 294 g/mol. The van der Waals surface area contributed by atoms with E-state index in [9.17, 15) is 24.1 Å². The number of terminal acetylenes is 1. The van der Waals surface area contributed by atoms with Crippen molar-refractivity contribution in [1.82, 2.24) is 4.90 Å². The van der Waals surface area contributed by atoms with Gasteiger partial charge in [-0.2, -0.15) is 0 Å². The Hall–Kier alpha value is -2.95. The summed E-state index contributed by atoms with van der Waals surface area (Å²) in [7, 11) is 0. The highest BCUT2D eigenvalue weighted by Crippen LogP contribution is 2.22. The van der Waals surface area contributed by atoms with Crippen LogP contribution in [0.15, 0.2) is 12.1 Å². The van der Waals surface area contributed by atoms with Crippen molar-refractivity contribution >= 4 is 17.6 Å². The van der Waals surface area contributed by atoms with E-state index < -0.39 is 40.4 Å². The number of carbonyl (C=O) groups excluding carboxylic acids is 1. The molecule has 1 amide bonds. The second-order valence-electron chi connectivity index (χ2n) is 4.14. The van der Waals surface area contributed by atoms with Crippen molar-refractivity contribution in [3.63, 3.8) is 0 Å². The van der Waals surface area contributed by atoms with Gasteiger partial charge in [0.25, 0.3) is 11.6 Å². The smallest absolute Gasteiger partial charge is 0.323 e. The van der Waals surface area contributed by atoms with Gasteiger partial charge in [-0.1, -0.05) is 5.92 Å². The summed E-state index contributed by atoms with van der Waals surface area (Å²) in [6.07, 6.45) is 5.03. The summed E-state index contributed by atoms with van der Waals surface area (Å²) in [5, 5.41) is 19.5. The zero-order valence-corrected chi connectivity index (χ0v) is 11.0. The third-order valence-electron chi connectivity index (χ3n) is 2.58. The largest absolute Gasteiger partial charge is 0.480 e. The van der Waals surface area contributed by atoms with E-state index in [1.165, 1.54) is 6.92 Å². The number of carboxylic acid groups (broad SMARTS) is 1. The summed E-state index contributed by atoms with van der Waals surface area (Å²) in [4.78, 5) is 33.5. The number of hydrogen-bond donors (Lipinski definition) is 1. The summed E-state index contributed by atoms with van der Waals surface area (Å²) in [6, 6.07) is 1.74. The maximum absolute atomic E-state index is 14.0. The van der Waals surface area contributed by atoms with Crippen LogP contribution in [0.3, 0.4) is 0 Å². The van der Waals surface area contributed by atoms with Crippen molar-refractivity contribution in [2.24, 2.45) is 0 Å². The zero-order chi connectivity index (χ0) is 16.2. The molecule has 1 N–H and O–H groups in total. The molecule has 0 aromatic heterocycles. The first-order chi connectivity index (χ1) is 9.77. The molecule has 1 rings (SSSR count). The topological polar surface area (TPSA) is 101 Å². The summed E-state index contributed by atoms with van der Waals surface area (Å²) >= 11 is 0. The lowest BCUT2D eigenvalue weighted by Gasteiger charge is -2.18. The van der Waals surface area contributed by atoms with Gasteiger partial charge in [0.15, 0.2) is 0 Å². The highest BCUT2D eigenvalue weighted by molar-refractivity contribution is 5.97. The summed E-state index contributed by atoms with van der Waals surface area (Å²) < 4.78 is 14.0. The first kappa shape index (κ1) is 16.1. The number of nitro benzene ring substituents is 1. The number of amides is 1. The number of halogens is 1. The van der Waals surface area contributed by atoms with Crippen LogP contribution < -0.4 is 0 Å². The van der Waals surface area contributed by atoms with Gasteiger partial charge in [-0.15, -0.1) is 6.42 Å². The van der Waals surface area contributed by atoms with Gasteiger partial charge in [0.2, 0.25) is 0 Å². The third-order valence-corrected chi connectivity index (χ3v) is 2.58. The van der Waals surface area contributed by atoms with Crippen LogP contribution in [0.25, 0.3) is 0 Å². The van der Waals surface area contributed by atoms with Gasteiger partial charge in [-0.05, 0) is 12.5 Å². The fourth-order valence-corrected chi connectivity index (χ4v) is 1.65. The molecule has 0 aliphatic carbocycles. The molecule has 0 fully saturated rings. The molecule has 1 aromatic carbocycles. The van der Waals surface area contributed by atoms with Crippen LogP contribution in [0.2, 0.25) is 0 Å². The molecular formula is C13H11FN2O5. The average molecular weight is 294 g/mol. The highest BCUT2D eigenvalue weighted by atomic mass is 19.1. The van der Waals surface area contributed by atoms with Gasteiger partial charge in [0, 0.05) is 12.1 Å². The Morgan fingerprint density at radius 1 is 1.52 bits per heavy atom. The number of carboxylic acids is 1. The molecule has 0 saturated heterocycles. The number of nitrogens with zero attached hydrogens (tertiary/aromatic N) is 2. The van der Waals surface area contributed by atoms with Crippen molar-refractivity contribution in [2.75, 3.05) is 13.1 Å². The maximum Gasteiger partial charge on any atom is 0.323 e. The Kier molecular flexibility index (Phi) is 4.96. The number of carbonyl (C=O) groups is 2. The average Bonchev–Trinajstić information content (AvgIpc) is 2.39. The predicted octanol–water partition coefficient (Wildman–Crippen LogP) is 1.20. The molecule has 0 heterocycles. The lowest BCUT2D eigenvalue weighted by atomic mass is 10.1. The van der Waals surface area contributed by atoms with E-state index in [1.807, 2.05) is 0 Å².